The topological polar surface area (TPSA) is 92.1 Å². The van der Waals surface area contributed by atoms with Gasteiger partial charge in [-0.1, -0.05) is 0 Å². The van der Waals surface area contributed by atoms with Crippen molar-refractivity contribution in [1.82, 2.24) is 14.2 Å². The van der Waals surface area contributed by atoms with E-state index >= 15 is 0 Å². The maximum Gasteiger partial charge on any atom is 0.278 e. The van der Waals surface area contributed by atoms with Crippen LogP contribution in [0.3, 0.4) is 0 Å². The predicted octanol–water partition coefficient (Wildman–Crippen LogP) is 1.42. The van der Waals surface area contributed by atoms with E-state index in [2.05, 4.69) is 4.98 Å². The molecule has 0 aliphatic carbocycles. The third kappa shape index (κ3) is 2.33. The molecular formula is C18H14N4O3. The summed E-state index contributed by atoms with van der Waals surface area (Å²) in [7, 11) is 1.58. The highest BCUT2D eigenvalue weighted by atomic mass is 16.5. The monoisotopic (exact) mass is 334 g/mol. The Morgan fingerprint density at radius 2 is 1.56 bits per heavy atom. The van der Waals surface area contributed by atoms with E-state index in [1.807, 2.05) is 0 Å². The van der Waals surface area contributed by atoms with Crippen LogP contribution in [0.1, 0.15) is 0 Å². The number of nitrogens with zero attached hydrogens (tertiary/aromatic N) is 3. The first-order chi connectivity index (χ1) is 12.1. The average molecular weight is 334 g/mol. The molecule has 7 heteroatoms. The Bertz CT molecular complexity index is 1220. The lowest BCUT2D eigenvalue weighted by Gasteiger charge is -2.09. The van der Waals surface area contributed by atoms with Crippen molar-refractivity contribution in [2.45, 2.75) is 0 Å². The maximum atomic E-state index is 12.9. The quantitative estimate of drug-likeness (QED) is 0.442. The Morgan fingerprint density at radius 3 is 2.24 bits per heavy atom. The maximum absolute atomic E-state index is 12.9. The lowest BCUT2D eigenvalue weighted by Crippen LogP contribution is -2.26. The number of hydrogen-bond donors (Lipinski definition) is 1. The van der Waals surface area contributed by atoms with Crippen LogP contribution >= 0.6 is 0 Å². The van der Waals surface area contributed by atoms with Crippen LogP contribution in [0.4, 0.5) is 0 Å². The predicted molar refractivity (Wildman–Crippen MR) is 95.8 cm³/mol. The van der Waals surface area contributed by atoms with Gasteiger partial charge in [-0.25, -0.2) is 9.66 Å². The number of ether oxygens (including phenoxy) is 1. The van der Waals surface area contributed by atoms with Crippen LogP contribution in [0, 0.1) is 0 Å². The van der Waals surface area contributed by atoms with Crippen molar-refractivity contribution >= 4 is 21.8 Å². The van der Waals surface area contributed by atoms with Crippen molar-refractivity contribution in [3.8, 4) is 11.4 Å². The second-order valence-corrected chi connectivity index (χ2v) is 5.57. The lowest BCUT2D eigenvalue weighted by atomic mass is 10.2. The van der Waals surface area contributed by atoms with Gasteiger partial charge in [0.2, 0.25) is 0 Å². The first-order valence-corrected chi connectivity index (χ1v) is 7.56. The summed E-state index contributed by atoms with van der Waals surface area (Å²) in [5, 5.41) is 0.663. The van der Waals surface area contributed by atoms with Gasteiger partial charge in [0.05, 0.1) is 28.9 Å². The summed E-state index contributed by atoms with van der Waals surface area (Å²) in [5.41, 5.74) is 1.06. The third-order valence-corrected chi connectivity index (χ3v) is 4.12. The van der Waals surface area contributed by atoms with Crippen LogP contribution in [0.25, 0.3) is 27.5 Å². The molecule has 1 aromatic carbocycles. The zero-order valence-corrected chi connectivity index (χ0v) is 13.3. The third-order valence-electron chi connectivity index (χ3n) is 4.12. The highest BCUT2D eigenvalue weighted by Crippen LogP contribution is 2.17. The van der Waals surface area contributed by atoms with Gasteiger partial charge in [0.15, 0.2) is 0 Å². The van der Waals surface area contributed by atoms with Crippen LogP contribution in [-0.4, -0.2) is 21.3 Å². The molecule has 0 saturated heterocycles. The van der Waals surface area contributed by atoms with Crippen molar-refractivity contribution in [3.63, 3.8) is 0 Å². The van der Waals surface area contributed by atoms with Crippen molar-refractivity contribution in [1.29, 1.82) is 0 Å². The van der Waals surface area contributed by atoms with E-state index in [1.54, 1.807) is 55.8 Å². The molecule has 7 nitrogen and oxygen atoms in total. The second-order valence-electron chi connectivity index (χ2n) is 5.57. The van der Waals surface area contributed by atoms with Gasteiger partial charge in [-0.15, -0.1) is 0 Å². The van der Waals surface area contributed by atoms with E-state index in [0.29, 0.717) is 33.2 Å². The number of pyridine rings is 3. The first-order valence-electron chi connectivity index (χ1n) is 7.56. The zero-order chi connectivity index (χ0) is 17.6. The minimum Gasteiger partial charge on any atom is -0.497 e. The first kappa shape index (κ1) is 14.9. The molecule has 0 amide bonds. The van der Waals surface area contributed by atoms with Crippen LogP contribution in [0.5, 0.6) is 5.75 Å². The number of nitrogens with two attached hydrogens (primary N) is 1. The molecule has 0 spiro atoms. The van der Waals surface area contributed by atoms with Crippen LogP contribution in [0.2, 0.25) is 0 Å². The van der Waals surface area contributed by atoms with Gasteiger partial charge < -0.3 is 10.6 Å². The summed E-state index contributed by atoms with van der Waals surface area (Å²) >= 11 is 0. The number of hydrogen-bond acceptors (Lipinski definition) is 5. The van der Waals surface area contributed by atoms with E-state index in [0.717, 1.165) is 4.68 Å². The molecule has 2 N–H and O–H groups in total. The number of fused-ring (bicyclic) bond motifs is 2. The normalized spacial score (nSPS) is 11.1. The highest BCUT2D eigenvalue weighted by Gasteiger charge is 2.10. The molecule has 0 saturated carbocycles. The highest BCUT2D eigenvalue weighted by molar-refractivity contribution is 5.91. The van der Waals surface area contributed by atoms with Crippen molar-refractivity contribution < 1.29 is 4.74 Å². The van der Waals surface area contributed by atoms with Gasteiger partial charge in [0.25, 0.3) is 11.1 Å². The summed E-state index contributed by atoms with van der Waals surface area (Å²) in [4.78, 5) is 29.5. The van der Waals surface area contributed by atoms with Gasteiger partial charge in [-0.05, 0) is 42.5 Å². The molecule has 0 radical (unpaired) electrons. The molecule has 0 bridgehead atoms. The van der Waals surface area contributed by atoms with Gasteiger partial charge >= 0.3 is 0 Å². The van der Waals surface area contributed by atoms with E-state index < -0.39 is 5.56 Å². The standard InChI is InChI=1S/C18H14N4O3/c1-25-12-4-2-11(3-5-12)21-8-6-15-13(17(21)23)10-14-16(20-15)7-9-22(19)18(14)24/h2-10H,19H2,1H3. The van der Waals surface area contributed by atoms with Gasteiger partial charge in [-0.2, -0.15) is 0 Å². The van der Waals surface area contributed by atoms with Crippen LogP contribution in [-0.2, 0) is 0 Å². The Balaban J connectivity index is 2.00. The molecule has 4 aromatic rings. The minimum atomic E-state index is -0.397. The molecule has 3 heterocycles. The summed E-state index contributed by atoms with van der Waals surface area (Å²) in [6.45, 7) is 0. The summed E-state index contributed by atoms with van der Waals surface area (Å²) in [6.07, 6.45) is 3.11. The molecule has 4 rings (SSSR count). The SMILES string of the molecule is COc1ccc(-n2ccc3nc4ccn(N)c(=O)c4cc3c2=O)cc1. The number of nitrogen functional groups attached to an aromatic ring is 1. The average Bonchev–Trinajstić information content (AvgIpc) is 2.64. The van der Waals surface area contributed by atoms with E-state index in [4.69, 9.17) is 10.6 Å². The molecule has 3 aromatic heterocycles. The Labute approximate surface area is 141 Å². The van der Waals surface area contributed by atoms with Gasteiger partial charge in [0.1, 0.15) is 5.75 Å². The number of benzene rings is 1. The smallest absolute Gasteiger partial charge is 0.278 e. The Kier molecular flexibility index (Phi) is 3.28. The van der Waals surface area contributed by atoms with Gasteiger partial charge in [0, 0.05) is 18.1 Å². The number of methoxy groups -OCH3 is 1. The molecule has 0 aliphatic heterocycles. The van der Waals surface area contributed by atoms with Gasteiger partial charge in [-0.3, -0.25) is 14.2 Å². The molecule has 124 valence electrons. The summed E-state index contributed by atoms with van der Waals surface area (Å²) in [5.74, 6) is 6.30. The van der Waals surface area contributed by atoms with Crippen molar-refractivity contribution in [3.05, 3.63) is 75.6 Å². The van der Waals surface area contributed by atoms with Crippen LogP contribution in [0.15, 0.2) is 64.4 Å². The fourth-order valence-corrected chi connectivity index (χ4v) is 2.79. The van der Waals surface area contributed by atoms with Crippen molar-refractivity contribution in [2.75, 3.05) is 13.0 Å². The molecule has 0 unspecified atom stereocenters. The molecule has 25 heavy (non-hydrogen) atoms. The zero-order valence-electron chi connectivity index (χ0n) is 13.3. The molecule has 0 fully saturated rings. The van der Waals surface area contributed by atoms with E-state index in [9.17, 15) is 9.59 Å². The largest absolute Gasteiger partial charge is 0.497 e. The number of rotatable bonds is 2. The van der Waals surface area contributed by atoms with Crippen molar-refractivity contribution in [2.24, 2.45) is 0 Å². The van der Waals surface area contributed by atoms with E-state index in [-0.39, 0.29) is 5.56 Å². The fourth-order valence-electron chi connectivity index (χ4n) is 2.79. The second kappa shape index (κ2) is 5.48. The number of aromatic nitrogens is 3. The van der Waals surface area contributed by atoms with E-state index in [1.165, 1.54) is 10.8 Å². The summed E-state index contributed by atoms with van der Waals surface area (Å²) in [6, 6.07) is 12.1. The Morgan fingerprint density at radius 1 is 0.920 bits per heavy atom. The molecule has 0 aliphatic rings. The van der Waals surface area contributed by atoms with Crippen LogP contribution < -0.4 is 21.7 Å². The molecule has 0 atom stereocenters. The summed E-state index contributed by atoms with van der Waals surface area (Å²) < 4.78 is 7.60. The molecular weight excluding hydrogens is 320 g/mol. The fraction of sp³-hybridized carbons (Fsp3) is 0.0556. The lowest BCUT2D eigenvalue weighted by molar-refractivity contribution is 0.414. The Hall–Kier alpha value is -3.61. The minimum absolute atomic E-state index is 0.260.